The van der Waals surface area contributed by atoms with Gasteiger partial charge >= 0.3 is 0 Å². The molecule has 0 bridgehead atoms. The average molecular weight is 242 g/mol. The van der Waals surface area contributed by atoms with Crippen molar-refractivity contribution in [3.05, 3.63) is 47.5 Å². The summed E-state index contributed by atoms with van der Waals surface area (Å²) >= 11 is 0. The summed E-state index contributed by atoms with van der Waals surface area (Å²) in [7, 11) is 0. The third kappa shape index (κ3) is 2.33. The van der Waals surface area contributed by atoms with Crippen LogP contribution in [0.1, 0.15) is 25.0 Å². The van der Waals surface area contributed by atoms with Crippen LogP contribution < -0.4 is 0 Å². The van der Waals surface area contributed by atoms with E-state index >= 15 is 0 Å². The summed E-state index contributed by atoms with van der Waals surface area (Å²) in [4.78, 5) is 0. The molecule has 0 amide bonds. The lowest BCUT2D eigenvalue weighted by atomic mass is 9.94. The van der Waals surface area contributed by atoms with E-state index in [9.17, 15) is 10.2 Å². The molecule has 0 aliphatic rings. The van der Waals surface area contributed by atoms with Crippen LogP contribution in [0.15, 0.2) is 36.4 Å². The molecule has 0 saturated heterocycles. The minimum atomic E-state index is 0.171. The van der Waals surface area contributed by atoms with Gasteiger partial charge in [-0.2, -0.15) is 0 Å². The second-order valence-electron chi connectivity index (χ2n) is 4.40. The van der Waals surface area contributed by atoms with Gasteiger partial charge in [0.1, 0.15) is 11.5 Å². The third-order valence-corrected chi connectivity index (χ3v) is 3.23. The Morgan fingerprint density at radius 1 is 0.833 bits per heavy atom. The molecule has 2 rings (SSSR count). The highest BCUT2D eigenvalue weighted by Gasteiger charge is 2.09. The topological polar surface area (TPSA) is 40.5 Å². The predicted molar refractivity (Wildman–Crippen MR) is 74.0 cm³/mol. The van der Waals surface area contributed by atoms with E-state index in [2.05, 4.69) is 26.0 Å². The first-order chi connectivity index (χ1) is 8.65. The van der Waals surface area contributed by atoms with Gasteiger partial charge in [0, 0.05) is 5.56 Å². The lowest BCUT2D eigenvalue weighted by Gasteiger charge is -2.12. The predicted octanol–water partition coefficient (Wildman–Crippen LogP) is 3.89. The fourth-order valence-corrected chi connectivity index (χ4v) is 2.16. The molecule has 2 N–H and O–H groups in total. The van der Waals surface area contributed by atoms with Crippen LogP contribution >= 0.6 is 0 Å². The highest BCUT2D eigenvalue weighted by atomic mass is 16.3. The molecule has 2 heteroatoms. The molecule has 0 heterocycles. The molecule has 0 radical (unpaired) electrons. The second-order valence-corrected chi connectivity index (χ2v) is 4.40. The van der Waals surface area contributed by atoms with Crippen LogP contribution in [0.5, 0.6) is 11.5 Å². The number of rotatable bonds is 3. The van der Waals surface area contributed by atoms with Gasteiger partial charge in [-0.15, -0.1) is 0 Å². The second kappa shape index (κ2) is 5.13. The maximum absolute atomic E-state index is 9.92. The largest absolute Gasteiger partial charge is 0.508 e. The molecule has 0 aromatic heterocycles. The van der Waals surface area contributed by atoms with Gasteiger partial charge in [0.05, 0.1) is 0 Å². The Kier molecular flexibility index (Phi) is 3.56. The fraction of sp³-hybridized carbons (Fsp3) is 0.250. The lowest BCUT2D eigenvalue weighted by Crippen LogP contribution is -1.91. The monoisotopic (exact) mass is 242 g/mol. The minimum Gasteiger partial charge on any atom is -0.508 e. The molecule has 0 saturated carbocycles. The van der Waals surface area contributed by atoms with Gasteiger partial charge in [0.2, 0.25) is 0 Å². The van der Waals surface area contributed by atoms with Crippen LogP contribution in [0, 0.1) is 0 Å². The van der Waals surface area contributed by atoms with Crippen molar-refractivity contribution in [2.45, 2.75) is 26.7 Å². The highest BCUT2D eigenvalue weighted by Crippen LogP contribution is 2.35. The van der Waals surface area contributed by atoms with E-state index < -0.39 is 0 Å². The standard InChI is InChI=1S/C16H18O2/c1-3-11-5-7-14(12(4-2)9-11)15-10-13(17)6-8-16(15)18/h5-10,17-18H,3-4H2,1-2H3. The molecule has 0 unspecified atom stereocenters. The molecule has 0 aliphatic carbocycles. The Morgan fingerprint density at radius 2 is 1.61 bits per heavy atom. The summed E-state index contributed by atoms with van der Waals surface area (Å²) in [5.74, 6) is 0.371. The summed E-state index contributed by atoms with van der Waals surface area (Å²) in [6, 6.07) is 10.9. The van der Waals surface area contributed by atoms with Gasteiger partial charge in [0.15, 0.2) is 0 Å². The van der Waals surface area contributed by atoms with Crippen molar-refractivity contribution >= 4 is 0 Å². The van der Waals surface area contributed by atoms with Crippen LogP contribution in [0.25, 0.3) is 11.1 Å². The Bertz CT molecular complexity index is 559. The summed E-state index contributed by atoms with van der Waals surface area (Å²) in [6.07, 6.45) is 1.90. The van der Waals surface area contributed by atoms with Crippen LogP contribution in [0.4, 0.5) is 0 Å². The van der Waals surface area contributed by atoms with Gasteiger partial charge in [-0.25, -0.2) is 0 Å². The van der Waals surface area contributed by atoms with Gasteiger partial charge in [-0.1, -0.05) is 32.0 Å². The van der Waals surface area contributed by atoms with Crippen molar-refractivity contribution in [2.75, 3.05) is 0 Å². The lowest BCUT2D eigenvalue weighted by molar-refractivity contribution is 0.462. The first-order valence-corrected chi connectivity index (χ1v) is 6.29. The zero-order valence-corrected chi connectivity index (χ0v) is 10.8. The molecule has 0 spiro atoms. The summed E-state index contributed by atoms with van der Waals surface area (Å²) in [6.45, 7) is 4.22. The normalized spacial score (nSPS) is 10.6. The number of hydrogen-bond acceptors (Lipinski definition) is 2. The van der Waals surface area contributed by atoms with E-state index in [1.165, 1.54) is 23.3 Å². The summed E-state index contributed by atoms with van der Waals surface area (Å²) in [5.41, 5.74) is 4.16. The highest BCUT2D eigenvalue weighted by molar-refractivity contribution is 5.74. The average Bonchev–Trinajstić information content (AvgIpc) is 2.41. The maximum Gasteiger partial charge on any atom is 0.123 e. The zero-order valence-electron chi connectivity index (χ0n) is 10.8. The van der Waals surface area contributed by atoms with Gasteiger partial charge in [-0.05, 0) is 47.7 Å². The SMILES string of the molecule is CCc1ccc(-c2cc(O)ccc2O)c(CC)c1. The molecular formula is C16H18O2. The van der Waals surface area contributed by atoms with Crippen molar-refractivity contribution in [1.29, 1.82) is 0 Å². The summed E-state index contributed by atoms with van der Waals surface area (Å²) < 4.78 is 0. The smallest absolute Gasteiger partial charge is 0.123 e. The third-order valence-electron chi connectivity index (χ3n) is 3.23. The number of phenolic OH excluding ortho intramolecular Hbond substituents is 2. The number of hydrogen-bond donors (Lipinski definition) is 2. The Hall–Kier alpha value is -1.96. The summed E-state index contributed by atoms with van der Waals surface area (Å²) in [5, 5.41) is 19.5. The molecule has 94 valence electrons. The van der Waals surface area contributed by atoms with E-state index in [-0.39, 0.29) is 11.5 Å². The zero-order chi connectivity index (χ0) is 13.1. The van der Waals surface area contributed by atoms with Gasteiger partial charge < -0.3 is 10.2 Å². The Labute approximate surface area is 108 Å². The van der Waals surface area contributed by atoms with E-state index in [1.807, 2.05) is 6.07 Å². The molecule has 0 atom stereocenters. The van der Waals surface area contributed by atoms with Crippen molar-refractivity contribution in [2.24, 2.45) is 0 Å². The molecule has 18 heavy (non-hydrogen) atoms. The van der Waals surface area contributed by atoms with Crippen molar-refractivity contribution in [1.82, 2.24) is 0 Å². The van der Waals surface area contributed by atoms with Crippen LogP contribution in [0.3, 0.4) is 0 Å². The number of benzene rings is 2. The van der Waals surface area contributed by atoms with E-state index in [1.54, 1.807) is 6.07 Å². The Balaban J connectivity index is 2.59. The fourth-order valence-electron chi connectivity index (χ4n) is 2.16. The van der Waals surface area contributed by atoms with Crippen LogP contribution in [-0.4, -0.2) is 10.2 Å². The molecule has 2 aromatic carbocycles. The Morgan fingerprint density at radius 3 is 2.28 bits per heavy atom. The molecule has 0 aliphatic heterocycles. The van der Waals surface area contributed by atoms with Crippen molar-refractivity contribution in [3.8, 4) is 22.6 Å². The first kappa shape index (κ1) is 12.5. The van der Waals surface area contributed by atoms with E-state index in [0.29, 0.717) is 5.56 Å². The number of aromatic hydroxyl groups is 2. The quantitative estimate of drug-likeness (QED) is 0.802. The minimum absolute atomic E-state index is 0.171. The van der Waals surface area contributed by atoms with Crippen LogP contribution in [-0.2, 0) is 12.8 Å². The first-order valence-electron chi connectivity index (χ1n) is 6.29. The number of aryl methyl sites for hydroxylation is 2. The van der Waals surface area contributed by atoms with Crippen molar-refractivity contribution < 1.29 is 10.2 Å². The molecule has 0 fully saturated rings. The van der Waals surface area contributed by atoms with Gasteiger partial charge in [-0.3, -0.25) is 0 Å². The van der Waals surface area contributed by atoms with E-state index in [4.69, 9.17) is 0 Å². The number of phenols is 2. The molecular weight excluding hydrogens is 224 g/mol. The molecule has 2 nitrogen and oxygen atoms in total. The van der Waals surface area contributed by atoms with Crippen LogP contribution in [0.2, 0.25) is 0 Å². The maximum atomic E-state index is 9.92. The van der Waals surface area contributed by atoms with E-state index in [0.717, 1.165) is 18.4 Å². The van der Waals surface area contributed by atoms with Gasteiger partial charge in [0.25, 0.3) is 0 Å². The molecule has 2 aromatic rings. The van der Waals surface area contributed by atoms with Crippen molar-refractivity contribution in [3.63, 3.8) is 0 Å².